The van der Waals surface area contributed by atoms with Crippen LogP contribution in [0.2, 0.25) is 5.02 Å². The van der Waals surface area contributed by atoms with E-state index in [2.05, 4.69) is 4.98 Å². The lowest BCUT2D eigenvalue weighted by Crippen LogP contribution is -2.39. The average Bonchev–Trinajstić information content (AvgIpc) is 2.51. The zero-order valence-electron chi connectivity index (χ0n) is 12.3. The Morgan fingerprint density at radius 3 is 2.61 bits per heavy atom. The fraction of sp³-hybridized carbons (Fsp3) is 0.312. The number of halogens is 3. The van der Waals surface area contributed by atoms with Crippen LogP contribution in [0.5, 0.6) is 5.88 Å². The van der Waals surface area contributed by atoms with E-state index < -0.39 is 5.82 Å². The van der Waals surface area contributed by atoms with E-state index in [0.717, 1.165) is 0 Å². The number of nitrogens with zero attached hydrogens (tertiary/aromatic N) is 2. The van der Waals surface area contributed by atoms with Crippen molar-refractivity contribution in [3.05, 3.63) is 47.1 Å². The van der Waals surface area contributed by atoms with E-state index in [9.17, 15) is 8.78 Å². The number of piperidine rings is 1. The lowest BCUT2D eigenvalue weighted by molar-refractivity contribution is 0.156. The second-order valence-corrected chi connectivity index (χ2v) is 5.86. The Morgan fingerprint density at radius 2 is 1.96 bits per heavy atom. The number of nitrogens with two attached hydrogens (primary N) is 1. The lowest BCUT2D eigenvalue weighted by Gasteiger charge is -2.34. The van der Waals surface area contributed by atoms with Crippen LogP contribution < -0.4 is 15.4 Å². The predicted octanol–water partition coefficient (Wildman–Crippen LogP) is 3.64. The Labute approximate surface area is 137 Å². The molecule has 0 unspecified atom stereocenters. The van der Waals surface area contributed by atoms with Gasteiger partial charge in [-0.3, -0.25) is 0 Å². The van der Waals surface area contributed by atoms with Gasteiger partial charge in [-0.1, -0.05) is 17.7 Å². The first-order valence-corrected chi connectivity index (χ1v) is 7.69. The quantitative estimate of drug-likeness (QED) is 0.867. The largest absolute Gasteiger partial charge is 0.472 e. The van der Waals surface area contributed by atoms with E-state index in [-0.39, 0.29) is 22.8 Å². The molecule has 2 N–H and O–H groups in total. The van der Waals surface area contributed by atoms with Gasteiger partial charge in [0.2, 0.25) is 0 Å². The SMILES string of the molecule is Nc1cccc(F)c1N1CCC(Oc2ncc(Cl)cc2F)CC1. The minimum absolute atomic E-state index is 0.0572. The third-order valence-electron chi connectivity index (χ3n) is 3.83. The standard InChI is InChI=1S/C16H16ClF2N3O/c17-10-8-13(19)16(21-9-10)23-11-4-6-22(7-5-11)15-12(18)2-1-3-14(15)20/h1-3,8-9,11H,4-7,20H2. The van der Waals surface area contributed by atoms with Gasteiger partial charge in [-0.15, -0.1) is 0 Å². The Morgan fingerprint density at radius 1 is 1.22 bits per heavy atom. The maximum absolute atomic E-state index is 13.9. The topological polar surface area (TPSA) is 51.4 Å². The molecule has 1 aromatic heterocycles. The number of hydrogen-bond acceptors (Lipinski definition) is 4. The fourth-order valence-corrected chi connectivity index (χ4v) is 2.85. The summed E-state index contributed by atoms with van der Waals surface area (Å²) in [4.78, 5) is 5.74. The van der Waals surface area contributed by atoms with Gasteiger partial charge in [0.15, 0.2) is 5.82 Å². The Bertz CT molecular complexity index is 685. The molecular formula is C16H16ClF2N3O. The summed E-state index contributed by atoms with van der Waals surface area (Å²) in [5, 5.41) is 0.222. The number of rotatable bonds is 3. The van der Waals surface area contributed by atoms with Crippen molar-refractivity contribution in [3.63, 3.8) is 0 Å². The van der Waals surface area contributed by atoms with Gasteiger partial charge in [-0.05, 0) is 18.2 Å². The van der Waals surface area contributed by atoms with E-state index >= 15 is 0 Å². The van der Waals surface area contributed by atoms with Crippen LogP contribution in [-0.4, -0.2) is 24.2 Å². The molecule has 0 spiro atoms. The molecule has 23 heavy (non-hydrogen) atoms. The summed E-state index contributed by atoms with van der Waals surface area (Å²) >= 11 is 5.66. The summed E-state index contributed by atoms with van der Waals surface area (Å²) in [6.45, 7) is 1.15. The van der Waals surface area contributed by atoms with Gasteiger partial charge >= 0.3 is 0 Å². The number of aromatic nitrogens is 1. The molecule has 1 aliphatic rings. The number of para-hydroxylation sites is 1. The van der Waals surface area contributed by atoms with Crippen LogP contribution in [0.1, 0.15) is 12.8 Å². The number of hydrogen-bond donors (Lipinski definition) is 1. The molecule has 122 valence electrons. The molecule has 0 aliphatic carbocycles. The average molecular weight is 340 g/mol. The Hall–Kier alpha value is -2.08. The summed E-state index contributed by atoms with van der Waals surface area (Å²) in [6, 6.07) is 5.81. The van der Waals surface area contributed by atoms with Crippen LogP contribution in [0.3, 0.4) is 0 Å². The zero-order chi connectivity index (χ0) is 16.4. The second kappa shape index (κ2) is 6.58. The van der Waals surface area contributed by atoms with Crippen LogP contribution in [-0.2, 0) is 0 Å². The highest BCUT2D eigenvalue weighted by molar-refractivity contribution is 6.30. The summed E-state index contributed by atoms with van der Waals surface area (Å²) in [5.74, 6) is -0.980. The lowest BCUT2D eigenvalue weighted by atomic mass is 10.1. The van der Waals surface area contributed by atoms with Gasteiger partial charge < -0.3 is 15.4 Å². The van der Waals surface area contributed by atoms with E-state index in [0.29, 0.717) is 37.3 Å². The number of benzene rings is 1. The van der Waals surface area contributed by atoms with Gasteiger partial charge in [0.25, 0.3) is 5.88 Å². The first kappa shape index (κ1) is 15.8. The highest BCUT2D eigenvalue weighted by Gasteiger charge is 2.25. The number of ether oxygens (including phenoxy) is 1. The van der Waals surface area contributed by atoms with Crippen LogP contribution in [0, 0.1) is 11.6 Å². The summed E-state index contributed by atoms with van der Waals surface area (Å²) in [6.07, 6.45) is 2.41. The molecule has 1 aliphatic heterocycles. The third kappa shape index (κ3) is 3.47. The normalized spacial score (nSPS) is 15.7. The van der Waals surface area contributed by atoms with Gasteiger partial charge in [-0.2, -0.15) is 0 Å². The van der Waals surface area contributed by atoms with Crippen LogP contribution in [0.15, 0.2) is 30.5 Å². The van der Waals surface area contributed by atoms with Crippen molar-refractivity contribution in [2.24, 2.45) is 0 Å². The van der Waals surface area contributed by atoms with Crippen molar-refractivity contribution in [1.29, 1.82) is 0 Å². The first-order chi connectivity index (χ1) is 11.0. The van der Waals surface area contributed by atoms with E-state index in [1.54, 1.807) is 12.1 Å². The predicted molar refractivity (Wildman–Crippen MR) is 85.9 cm³/mol. The smallest absolute Gasteiger partial charge is 0.250 e. The van der Waals surface area contributed by atoms with Crippen LogP contribution >= 0.6 is 11.6 Å². The summed E-state index contributed by atoms with van der Waals surface area (Å²) < 4.78 is 33.2. The van der Waals surface area contributed by atoms with E-state index in [1.165, 1.54) is 18.3 Å². The molecule has 0 atom stereocenters. The molecule has 0 amide bonds. The molecule has 1 aromatic carbocycles. The minimum atomic E-state index is -0.585. The second-order valence-electron chi connectivity index (χ2n) is 5.42. The van der Waals surface area contributed by atoms with Gasteiger partial charge in [0.1, 0.15) is 11.9 Å². The first-order valence-electron chi connectivity index (χ1n) is 7.31. The molecule has 2 aromatic rings. The summed E-state index contributed by atoms with van der Waals surface area (Å²) in [7, 11) is 0. The number of nitrogen functional groups attached to an aromatic ring is 1. The van der Waals surface area contributed by atoms with E-state index in [1.807, 2.05) is 4.90 Å². The molecule has 0 bridgehead atoms. The fourth-order valence-electron chi connectivity index (χ4n) is 2.71. The Balaban J connectivity index is 1.64. The molecule has 0 saturated carbocycles. The van der Waals surface area contributed by atoms with Crippen LogP contribution in [0.4, 0.5) is 20.2 Å². The monoisotopic (exact) mass is 339 g/mol. The molecular weight excluding hydrogens is 324 g/mol. The molecule has 1 fully saturated rings. The van der Waals surface area contributed by atoms with Gasteiger partial charge in [-0.25, -0.2) is 13.8 Å². The zero-order valence-corrected chi connectivity index (χ0v) is 13.1. The number of pyridine rings is 1. The minimum Gasteiger partial charge on any atom is -0.472 e. The highest BCUT2D eigenvalue weighted by Crippen LogP contribution is 2.30. The maximum Gasteiger partial charge on any atom is 0.250 e. The van der Waals surface area contributed by atoms with Crippen molar-refractivity contribution in [3.8, 4) is 5.88 Å². The molecule has 4 nitrogen and oxygen atoms in total. The van der Waals surface area contributed by atoms with Gasteiger partial charge in [0, 0.05) is 32.1 Å². The van der Waals surface area contributed by atoms with Crippen molar-refractivity contribution in [2.45, 2.75) is 18.9 Å². The van der Waals surface area contributed by atoms with E-state index in [4.69, 9.17) is 22.1 Å². The van der Waals surface area contributed by atoms with Crippen molar-refractivity contribution >= 4 is 23.0 Å². The summed E-state index contributed by atoms with van der Waals surface area (Å²) in [5.41, 5.74) is 6.69. The van der Waals surface area contributed by atoms with Crippen LogP contribution in [0.25, 0.3) is 0 Å². The molecule has 2 heterocycles. The maximum atomic E-state index is 13.9. The van der Waals surface area contributed by atoms with Crippen molar-refractivity contribution in [2.75, 3.05) is 23.7 Å². The molecule has 1 saturated heterocycles. The van der Waals surface area contributed by atoms with Gasteiger partial charge in [0.05, 0.1) is 16.4 Å². The van der Waals surface area contributed by atoms with Crippen molar-refractivity contribution in [1.82, 2.24) is 4.98 Å². The highest BCUT2D eigenvalue weighted by atomic mass is 35.5. The number of anilines is 2. The Kier molecular flexibility index (Phi) is 4.52. The molecule has 3 rings (SSSR count). The molecule has 7 heteroatoms. The van der Waals surface area contributed by atoms with Crippen molar-refractivity contribution < 1.29 is 13.5 Å². The third-order valence-corrected chi connectivity index (χ3v) is 4.04. The molecule has 0 radical (unpaired) electrons.